The first-order chi connectivity index (χ1) is 12.5. The van der Waals surface area contributed by atoms with Gasteiger partial charge in [0.05, 0.1) is 17.2 Å². The fraction of sp³-hybridized carbons (Fsp3) is 0.474. The van der Waals surface area contributed by atoms with Crippen molar-refractivity contribution in [1.29, 1.82) is 0 Å². The van der Waals surface area contributed by atoms with Crippen molar-refractivity contribution in [3.8, 4) is 0 Å². The Labute approximate surface area is 191 Å². The fourth-order valence-corrected chi connectivity index (χ4v) is 4.27. The number of hydrogen-bond donors (Lipinski definition) is 2. The molecule has 2 aromatic rings. The molecule has 1 fully saturated rings. The van der Waals surface area contributed by atoms with Crippen LogP contribution in [0.3, 0.4) is 0 Å². The second-order valence-electron chi connectivity index (χ2n) is 6.49. The molecule has 148 valence electrons. The van der Waals surface area contributed by atoms with Crippen molar-refractivity contribution in [2.24, 2.45) is 4.99 Å². The summed E-state index contributed by atoms with van der Waals surface area (Å²) < 4.78 is 1.12. The Kier molecular flexibility index (Phi) is 8.81. The van der Waals surface area contributed by atoms with E-state index >= 15 is 0 Å². The number of aromatic nitrogens is 1. The van der Waals surface area contributed by atoms with Crippen molar-refractivity contribution in [2.45, 2.75) is 39.8 Å². The highest BCUT2D eigenvalue weighted by molar-refractivity contribution is 14.0. The lowest BCUT2D eigenvalue weighted by molar-refractivity contribution is 0.649. The van der Waals surface area contributed by atoms with Crippen LogP contribution in [-0.2, 0) is 6.54 Å². The van der Waals surface area contributed by atoms with Crippen LogP contribution in [0.4, 0.5) is 5.69 Å². The standard InChI is InChI=1S/C19H26BrN5S.HI/c1-4-21-19(22-11-18-13(2)23-14(3)26-18)24-16-9-10-25(12-16)17-7-5-15(20)6-8-17;/h5-8,16H,4,9-12H2,1-3H3,(H2,21,22,24);1H. The van der Waals surface area contributed by atoms with E-state index in [1.165, 1.54) is 10.6 Å². The van der Waals surface area contributed by atoms with E-state index in [1.807, 2.05) is 6.92 Å². The maximum Gasteiger partial charge on any atom is 0.191 e. The highest BCUT2D eigenvalue weighted by Crippen LogP contribution is 2.22. The number of aliphatic imine (C=N–C) groups is 1. The molecule has 0 bridgehead atoms. The first-order valence-corrected chi connectivity index (χ1v) is 10.6. The van der Waals surface area contributed by atoms with Crippen LogP contribution in [0.15, 0.2) is 33.7 Å². The van der Waals surface area contributed by atoms with Gasteiger partial charge in [-0.1, -0.05) is 15.9 Å². The molecule has 0 amide bonds. The van der Waals surface area contributed by atoms with Crippen molar-refractivity contribution in [1.82, 2.24) is 15.6 Å². The summed E-state index contributed by atoms with van der Waals surface area (Å²) in [7, 11) is 0. The third kappa shape index (κ3) is 6.32. The molecule has 0 aliphatic carbocycles. The van der Waals surface area contributed by atoms with Crippen molar-refractivity contribution in [2.75, 3.05) is 24.5 Å². The lowest BCUT2D eigenvalue weighted by Gasteiger charge is -2.20. The van der Waals surface area contributed by atoms with Gasteiger partial charge >= 0.3 is 0 Å². The number of hydrogen-bond acceptors (Lipinski definition) is 4. The van der Waals surface area contributed by atoms with Crippen LogP contribution in [0, 0.1) is 13.8 Å². The van der Waals surface area contributed by atoms with Crippen molar-refractivity contribution >= 4 is 62.9 Å². The first-order valence-electron chi connectivity index (χ1n) is 9.03. The molecule has 1 aliphatic rings. The van der Waals surface area contributed by atoms with Gasteiger partial charge in [-0.05, 0) is 51.5 Å². The predicted molar refractivity (Wildman–Crippen MR) is 130 cm³/mol. The summed E-state index contributed by atoms with van der Waals surface area (Å²) in [5, 5.41) is 8.07. The number of nitrogens with one attached hydrogen (secondary N) is 2. The molecule has 1 atom stereocenters. The third-order valence-electron chi connectivity index (χ3n) is 4.45. The Bertz CT molecular complexity index is 762. The molecule has 8 heteroatoms. The summed E-state index contributed by atoms with van der Waals surface area (Å²) in [5.41, 5.74) is 2.37. The predicted octanol–water partition coefficient (Wildman–Crippen LogP) is 4.47. The summed E-state index contributed by atoms with van der Waals surface area (Å²) >= 11 is 5.23. The van der Waals surface area contributed by atoms with E-state index in [9.17, 15) is 0 Å². The minimum Gasteiger partial charge on any atom is -0.369 e. The smallest absolute Gasteiger partial charge is 0.191 e. The highest BCUT2D eigenvalue weighted by atomic mass is 127. The molecule has 1 aliphatic heterocycles. The molecule has 1 aromatic heterocycles. The van der Waals surface area contributed by atoms with Crippen molar-refractivity contribution in [3.05, 3.63) is 44.3 Å². The minimum absolute atomic E-state index is 0. The first kappa shape index (κ1) is 22.4. The summed E-state index contributed by atoms with van der Waals surface area (Å²) in [6, 6.07) is 8.93. The number of anilines is 1. The molecular weight excluding hydrogens is 537 g/mol. The van der Waals surface area contributed by atoms with Crippen LogP contribution in [0.2, 0.25) is 0 Å². The van der Waals surface area contributed by atoms with Crippen LogP contribution in [0.25, 0.3) is 0 Å². The molecule has 27 heavy (non-hydrogen) atoms. The Morgan fingerprint density at radius 3 is 2.70 bits per heavy atom. The van der Waals surface area contributed by atoms with E-state index < -0.39 is 0 Å². The van der Waals surface area contributed by atoms with E-state index in [0.717, 1.165) is 47.2 Å². The molecule has 0 radical (unpaired) electrons. The normalized spacial score (nSPS) is 17.0. The Morgan fingerprint density at radius 2 is 2.07 bits per heavy atom. The zero-order valence-electron chi connectivity index (χ0n) is 16.0. The lowest BCUT2D eigenvalue weighted by Crippen LogP contribution is -2.44. The van der Waals surface area contributed by atoms with Crippen LogP contribution >= 0.6 is 51.2 Å². The van der Waals surface area contributed by atoms with Gasteiger partial charge in [-0.3, -0.25) is 0 Å². The number of aryl methyl sites for hydroxylation is 2. The molecule has 2 N–H and O–H groups in total. The highest BCUT2D eigenvalue weighted by Gasteiger charge is 2.23. The summed E-state index contributed by atoms with van der Waals surface area (Å²) in [5.74, 6) is 0.889. The van der Waals surface area contributed by atoms with E-state index in [2.05, 4.69) is 74.6 Å². The van der Waals surface area contributed by atoms with Crippen molar-refractivity contribution < 1.29 is 0 Å². The number of nitrogens with zero attached hydrogens (tertiary/aromatic N) is 3. The van der Waals surface area contributed by atoms with Gasteiger partial charge in [-0.15, -0.1) is 35.3 Å². The zero-order chi connectivity index (χ0) is 18.5. The lowest BCUT2D eigenvalue weighted by atomic mass is 10.3. The third-order valence-corrected chi connectivity index (χ3v) is 6.03. The molecular formula is C19H27BrIN5S. The topological polar surface area (TPSA) is 52.6 Å². The number of benzene rings is 1. The van der Waals surface area contributed by atoms with Gasteiger partial charge in [0.2, 0.25) is 0 Å². The van der Waals surface area contributed by atoms with E-state index in [4.69, 9.17) is 4.99 Å². The number of thiazole rings is 1. The Hall–Kier alpha value is -0.870. The van der Waals surface area contributed by atoms with Crippen LogP contribution in [0.1, 0.15) is 28.9 Å². The zero-order valence-corrected chi connectivity index (χ0v) is 20.7. The van der Waals surface area contributed by atoms with Crippen LogP contribution < -0.4 is 15.5 Å². The average molecular weight is 564 g/mol. The SMILES string of the molecule is CCNC(=NCc1sc(C)nc1C)NC1CCN(c2ccc(Br)cc2)C1.I. The number of halogens is 2. The van der Waals surface area contributed by atoms with E-state index in [0.29, 0.717) is 12.6 Å². The number of rotatable bonds is 5. The fourth-order valence-electron chi connectivity index (χ4n) is 3.15. The maximum atomic E-state index is 4.77. The summed E-state index contributed by atoms with van der Waals surface area (Å²) in [6.07, 6.45) is 1.11. The van der Waals surface area contributed by atoms with Gasteiger partial charge in [-0.2, -0.15) is 0 Å². The second-order valence-corrected chi connectivity index (χ2v) is 8.69. The van der Waals surface area contributed by atoms with Gasteiger partial charge in [0.25, 0.3) is 0 Å². The molecule has 0 saturated carbocycles. The molecule has 3 rings (SSSR count). The molecule has 1 saturated heterocycles. The Morgan fingerprint density at radius 1 is 1.33 bits per heavy atom. The van der Waals surface area contributed by atoms with Gasteiger partial charge in [-0.25, -0.2) is 9.98 Å². The average Bonchev–Trinajstić information content (AvgIpc) is 3.20. The minimum atomic E-state index is 0. The maximum absolute atomic E-state index is 4.77. The number of guanidine groups is 1. The largest absolute Gasteiger partial charge is 0.369 e. The van der Waals surface area contributed by atoms with Gasteiger partial charge in [0.15, 0.2) is 5.96 Å². The molecule has 1 unspecified atom stereocenters. The molecule has 0 spiro atoms. The van der Waals surface area contributed by atoms with Crippen LogP contribution in [0.5, 0.6) is 0 Å². The Balaban J connectivity index is 0.00000261. The molecule has 1 aromatic carbocycles. The van der Waals surface area contributed by atoms with Crippen molar-refractivity contribution in [3.63, 3.8) is 0 Å². The summed E-state index contributed by atoms with van der Waals surface area (Å²) in [6.45, 7) is 9.79. The molecule has 2 heterocycles. The van der Waals surface area contributed by atoms with Gasteiger partial charge in [0.1, 0.15) is 0 Å². The monoisotopic (exact) mass is 563 g/mol. The van der Waals surface area contributed by atoms with Gasteiger partial charge in [0, 0.05) is 40.7 Å². The van der Waals surface area contributed by atoms with Crippen LogP contribution in [-0.4, -0.2) is 36.6 Å². The van der Waals surface area contributed by atoms with E-state index in [1.54, 1.807) is 11.3 Å². The second kappa shape index (κ2) is 10.6. The summed E-state index contributed by atoms with van der Waals surface area (Å²) in [4.78, 5) is 12.9. The molecule has 5 nitrogen and oxygen atoms in total. The van der Waals surface area contributed by atoms with Gasteiger partial charge < -0.3 is 15.5 Å². The quantitative estimate of drug-likeness (QED) is 0.320. The van der Waals surface area contributed by atoms with E-state index in [-0.39, 0.29) is 24.0 Å².